The Balaban J connectivity index is 2.71. The SMILES string of the molecule is CCOC(=O)C(C)Oc1ccc(CO)cc1Cl. The molecule has 94 valence electrons. The van der Waals surface area contributed by atoms with Crippen molar-refractivity contribution in [1.82, 2.24) is 0 Å². The zero-order chi connectivity index (χ0) is 12.8. The van der Waals surface area contributed by atoms with E-state index >= 15 is 0 Å². The molecule has 0 bridgehead atoms. The molecule has 0 fully saturated rings. The number of aliphatic hydroxyl groups excluding tert-OH is 1. The van der Waals surface area contributed by atoms with Gasteiger partial charge in [0.1, 0.15) is 5.75 Å². The van der Waals surface area contributed by atoms with E-state index in [4.69, 9.17) is 26.2 Å². The van der Waals surface area contributed by atoms with Crippen LogP contribution in [0, 0.1) is 0 Å². The first-order valence-electron chi connectivity index (χ1n) is 5.31. The summed E-state index contributed by atoms with van der Waals surface area (Å²) >= 11 is 5.95. The van der Waals surface area contributed by atoms with Crippen LogP contribution in [0.3, 0.4) is 0 Å². The minimum absolute atomic E-state index is 0.0899. The summed E-state index contributed by atoms with van der Waals surface area (Å²) in [5.41, 5.74) is 0.686. The zero-order valence-corrected chi connectivity index (χ0v) is 10.5. The topological polar surface area (TPSA) is 55.8 Å². The fourth-order valence-electron chi connectivity index (χ4n) is 1.24. The Morgan fingerprint density at radius 3 is 2.76 bits per heavy atom. The van der Waals surface area contributed by atoms with Crippen LogP contribution in [0.15, 0.2) is 18.2 Å². The molecule has 1 rings (SSSR count). The van der Waals surface area contributed by atoms with Gasteiger partial charge < -0.3 is 14.6 Å². The minimum Gasteiger partial charge on any atom is -0.477 e. The van der Waals surface area contributed by atoms with Crippen molar-refractivity contribution >= 4 is 17.6 Å². The zero-order valence-electron chi connectivity index (χ0n) is 9.77. The van der Waals surface area contributed by atoms with Crippen molar-refractivity contribution in [3.63, 3.8) is 0 Å². The van der Waals surface area contributed by atoms with E-state index < -0.39 is 12.1 Å². The molecule has 5 heteroatoms. The molecule has 0 aliphatic heterocycles. The number of carbonyl (C=O) groups is 1. The summed E-state index contributed by atoms with van der Waals surface area (Å²) in [4.78, 5) is 11.4. The molecule has 0 saturated carbocycles. The van der Waals surface area contributed by atoms with Gasteiger partial charge in [-0.1, -0.05) is 17.7 Å². The van der Waals surface area contributed by atoms with Crippen LogP contribution in [0.2, 0.25) is 5.02 Å². The van der Waals surface area contributed by atoms with Crippen LogP contribution >= 0.6 is 11.6 Å². The lowest BCUT2D eigenvalue weighted by molar-refractivity contribution is -0.150. The molecule has 0 aromatic heterocycles. The van der Waals surface area contributed by atoms with E-state index in [1.54, 1.807) is 32.0 Å². The molecule has 1 N–H and O–H groups in total. The van der Waals surface area contributed by atoms with Gasteiger partial charge >= 0.3 is 5.97 Å². The van der Waals surface area contributed by atoms with Crippen LogP contribution in [0.1, 0.15) is 19.4 Å². The number of benzene rings is 1. The smallest absolute Gasteiger partial charge is 0.347 e. The number of halogens is 1. The van der Waals surface area contributed by atoms with Crippen molar-refractivity contribution < 1.29 is 19.4 Å². The summed E-state index contributed by atoms with van der Waals surface area (Å²) in [5, 5.41) is 9.27. The monoisotopic (exact) mass is 258 g/mol. The van der Waals surface area contributed by atoms with Crippen LogP contribution in [0.25, 0.3) is 0 Å². The second-order valence-electron chi connectivity index (χ2n) is 3.44. The Morgan fingerprint density at radius 2 is 2.24 bits per heavy atom. The van der Waals surface area contributed by atoms with Gasteiger partial charge in [0, 0.05) is 0 Å². The normalized spacial score (nSPS) is 12.0. The predicted molar refractivity (Wildman–Crippen MR) is 64.1 cm³/mol. The lowest BCUT2D eigenvalue weighted by atomic mass is 10.2. The maximum atomic E-state index is 11.4. The van der Waals surface area contributed by atoms with Crippen molar-refractivity contribution in [3.8, 4) is 5.75 Å². The second-order valence-corrected chi connectivity index (χ2v) is 3.84. The van der Waals surface area contributed by atoms with Gasteiger partial charge in [0.15, 0.2) is 6.10 Å². The molecular weight excluding hydrogens is 244 g/mol. The second kappa shape index (κ2) is 6.47. The fourth-order valence-corrected chi connectivity index (χ4v) is 1.48. The highest BCUT2D eigenvalue weighted by atomic mass is 35.5. The first-order chi connectivity index (χ1) is 8.08. The number of esters is 1. The molecule has 0 saturated heterocycles. The van der Waals surface area contributed by atoms with Crippen LogP contribution in [0.4, 0.5) is 0 Å². The average molecular weight is 259 g/mol. The number of hydrogen-bond donors (Lipinski definition) is 1. The maximum Gasteiger partial charge on any atom is 0.347 e. The van der Waals surface area contributed by atoms with Crippen LogP contribution in [-0.4, -0.2) is 23.8 Å². The predicted octanol–water partition coefficient (Wildman–Crippen LogP) is 2.16. The van der Waals surface area contributed by atoms with E-state index in [-0.39, 0.29) is 6.61 Å². The largest absolute Gasteiger partial charge is 0.477 e. The summed E-state index contributed by atoms with van der Waals surface area (Å²) in [6, 6.07) is 4.89. The molecule has 1 aromatic carbocycles. The number of hydrogen-bond acceptors (Lipinski definition) is 4. The molecule has 4 nitrogen and oxygen atoms in total. The van der Waals surface area contributed by atoms with Gasteiger partial charge in [-0.2, -0.15) is 0 Å². The van der Waals surface area contributed by atoms with E-state index in [1.807, 2.05) is 0 Å². The Labute approximate surface area is 105 Å². The summed E-state index contributed by atoms with van der Waals surface area (Å²) in [6.07, 6.45) is -0.715. The molecule has 0 aliphatic carbocycles. The number of rotatable bonds is 5. The highest BCUT2D eigenvalue weighted by Gasteiger charge is 2.17. The quantitative estimate of drug-likeness (QED) is 0.823. The van der Waals surface area contributed by atoms with Gasteiger partial charge in [0.25, 0.3) is 0 Å². The van der Waals surface area contributed by atoms with Crippen LogP contribution in [-0.2, 0) is 16.1 Å². The van der Waals surface area contributed by atoms with Gasteiger partial charge in [0.2, 0.25) is 0 Å². The van der Waals surface area contributed by atoms with Gasteiger partial charge in [-0.15, -0.1) is 0 Å². The van der Waals surface area contributed by atoms with E-state index in [0.717, 1.165) is 0 Å². The molecule has 0 heterocycles. The van der Waals surface area contributed by atoms with Crippen molar-refractivity contribution in [1.29, 1.82) is 0 Å². The van der Waals surface area contributed by atoms with E-state index in [1.165, 1.54) is 0 Å². The molecule has 17 heavy (non-hydrogen) atoms. The van der Waals surface area contributed by atoms with Gasteiger partial charge in [0.05, 0.1) is 18.2 Å². The lowest BCUT2D eigenvalue weighted by Gasteiger charge is -2.14. The number of aliphatic hydroxyl groups is 1. The maximum absolute atomic E-state index is 11.4. The Hall–Kier alpha value is -1.26. The molecule has 0 amide bonds. The third-order valence-corrected chi connectivity index (χ3v) is 2.40. The first kappa shape index (κ1) is 13.8. The lowest BCUT2D eigenvalue weighted by Crippen LogP contribution is -2.26. The summed E-state index contributed by atoms with van der Waals surface area (Å²) in [6.45, 7) is 3.54. The molecule has 1 aromatic rings. The van der Waals surface area contributed by atoms with Crippen molar-refractivity contribution in [2.45, 2.75) is 26.6 Å². The third-order valence-electron chi connectivity index (χ3n) is 2.10. The average Bonchev–Trinajstić information content (AvgIpc) is 2.31. The highest BCUT2D eigenvalue weighted by Crippen LogP contribution is 2.26. The summed E-state index contributed by atoms with van der Waals surface area (Å²) in [5.74, 6) is -0.0424. The van der Waals surface area contributed by atoms with E-state index in [2.05, 4.69) is 0 Å². The molecule has 1 atom stereocenters. The number of ether oxygens (including phenoxy) is 2. The molecule has 0 aliphatic rings. The van der Waals surface area contributed by atoms with Crippen LogP contribution < -0.4 is 4.74 Å². The molecule has 1 unspecified atom stereocenters. The summed E-state index contributed by atoms with van der Waals surface area (Å²) < 4.78 is 10.2. The molecule has 0 spiro atoms. The fraction of sp³-hybridized carbons (Fsp3) is 0.417. The van der Waals surface area contributed by atoms with Crippen molar-refractivity contribution in [2.75, 3.05) is 6.61 Å². The van der Waals surface area contributed by atoms with E-state index in [9.17, 15) is 4.79 Å². The summed E-state index contributed by atoms with van der Waals surface area (Å²) in [7, 11) is 0. The Morgan fingerprint density at radius 1 is 1.53 bits per heavy atom. The third kappa shape index (κ3) is 3.91. The van der Waals surface area contributed by atoms with E-state index in [0.29, 0.717) is 22.9 Å². The van der Waals surface area contributed by atoms with Crippen LogP contribution in [0.5, 0.6) is 5.75 Å². The highest BCUT2D eigenvalue weighted by molar-refractivity contribution is 6.32. The molecule has 0 radical (unpaired) electrons. The Bertz CT molecular complexity index is 392. The van der Waals surface area contributed by atoms with Gasteiger partial charge in [-0.05, 0) is 31.5 Å². The Kier molecular flexibility index (Phi) is 5.25. The van der Waals surface area contributed by atoms with Gasteiger partial charge in [-0.3, -0.25) is 0 Å². The van der Waals surface area contributed by atoms with Crippen molar-refractivity contribution in [3.05, 3.63) is 28.8 Å². The van der Waals surface area contributed by atoms with Crippen molar-refractivity contribution in [2.24, 2.45) is 0 Å². The minimum atomic E-state index is -0.715. The first-order valence-corrected chi connectivity index (χ1v) is 5.68. The molecular formula is C12H15ClO4. The van der Waals surface area contributed by atoms with Gasteiger partial charge in [-0.25, -0.2) is 4.79 Å². The standard InChI is InChI=1S/C12H15ClO4/c1-3-16-12(15)8(2)17-11-5-4-9(7-14)6-10(11)13/h4-6,8,14H,3,7H2,1-2H3. The number of carbonyl (C=O) groups excluding carboxylic acids is 1.